The monoisotopic (exact) mass is 337 g/mol. The maximum atomic E-state index is 14.1. The molecule has 2 atom stereocenters. The highest BCUT2D eigenvalue weighted by Gasteiger charge is 2.80. The number of rotatable bonds is 4. The largest absolute Gasteiger partial charge is 0.376 e. The van der Waals surface area contributed by atoms with E-state index in [0.717, 1.165) is 30.5 Å². The Kier molecular flexibility index (Phi) is 3.78. The third-order valence-corrected chi connectivity index (χ3v) is 5.72. The maximum absolute atomic E-state index is 14.1. The summed E-state index contributed by atoms with van der Waals surface area (Å²) in [6.45, 7) is 1.33. The highest BCUT2D eigenvalue weighted by Crippen LogP contribution is 2.73. The number of alkyl halides is 2. The van der Waals surface area contributed by atoms with Crippen LogP contribution >= 0.6 is 0 Å². The molecule has 7 heteroatoms. The molecule has 5 nitrogen and oxygen atoms in total. The van der Waals surface area contributed by atoms with E-state index >= 15 is 0 Å². The van der Waals surface area contributed by atoms with Crippen LogP contribution in [-0.4, -0.2) is 28.4 Å². The summed E-state index contributed by atoms with van der Waals surface area (Å²) >= 11 is 0. The Balaban J connectivity index is 1.36. The number of hydrogen-bond acceptors (Lipinski definition) is 4. The number of amides is 1. The lowest BCUT2D eigenvalue weighted by atomic mass is 9.85. The number of hydrogen-bond donors (Lipinski definition) is 1. The molecule has 0 spiro atoms. The molecule has 1 amide bonds. The number of nitrogens with zero attached hydrogens (tertiary/aromatic N) is 2. The van der Waals surface area contributed by atoms with E-state index in [4.69, 9.17) is 4.74 Å². The van der Waals surface area contributed by atoms with Gasteiger partial charge in [-0.05, 0) is 12.8 Å². The summed E-state index contributed by atoms with van der Waals surface area (Å²) in [6, 6.07) is 0. The highest BCUT2D eigenvalue weighted by molar-refractivity contribution is 5.77. The molecule has 0 saturated heterocycles. The Morgan fingerprint density at radius 1 is 1.42 bits per heavy atom. The van der Waals surface area contributed by atoms with Crippen molar-refractivity contribution in [3.8, 4) is 0 Å². The minimum absolute atomic E-state index is 0.0938. The minimum Gasteiger partial charge on any atom is -0.376 e. The van der Waals surface area contributed by atoms with Gasteiger partial charge in [-0.15, -0.1) is 0 Å². The summed E-state index contributed by atoms with van der Waals surface area (Å²) in [5, 5.41) is 2.71. The van der Waals surface area contributed by atoms with E-state index in [1.54, 1.807) is 6.20 Å². The lowest BCUT2D eigenvalue weighted by molar-refractivity contribution is -0.123. The van der Waals surface area contributed by atoms with Crippen LogP contribution in [0.25, 0.3) is 0 Å². The van der Waals surface area contributed by atoms with Gasteiger partial charge in [0.25, 0.3) is 5.92 Å². The molecule has 2 unspecified atom stereocenters. The Hall–Kier alpha value is -1.63. The fraction of sp³-hybridized carbons (Fsp3) is 0.706. The second kappa shape index (κ2) is 5.72. The van der Waals surface area contributed by atoms with Crippen LogP contribution < -0.4 is 5.32 Å². The number of carbonyl (C=O) groups is 1. The fourth-order valence-electron chi connectivity index (χ4n) is 4.29. The van der Waals surface area contributed by atoms with E-state index < -0.39 is 17.3 Å². The van der Waals surface area contributed by atoms with E-state index in [9.17, 15) is 13.6 Å². The molecule has 0 radical (unpaired) electrons. The molecule has 130 valence electrons. The molecule has 0 bridgehead atoms. The predicted molar refractivity (Wildman–Crippen MR) is 81.2 cm³/mol. The van der Waals surface area contributed by atoms with Gasteiger partial charge in [-0.3, -0.25) is 4.79 Å². The number of fused-ring (bicyclic) bond motifs is 2. The van der Waals surface area contributed by atoms with E-state index in [0.29, 0.717) is 31.9 Å². The van der Waals surface area contributed by atoms with Gasteiger partial charge in [0.1, 0.15) is 5.82 Å². The lowest BCUT2D eigenvalue weighted by Crippen LogP contribution is -2.29. The molecule has 1 aromatic rings. The second-order valence-corrected chi connectivity index (χ2v) is 7.09. The zero-order valence-corrected chi connectivity index (χ0v) is 13.5. The second-order valence-electron chi connectivity index (χ2n) is 7.09. The Bertz CT molecular complexity index is 667. The summed E-state index contributed by atoms with van der Waals surface area (Å²) in [5.41, 5.74) is 0.821. The molecule has 1 N–H and O–H groups in total. The molecular weight excluding hydrogens is 316 g/mol. The van der Waals surface area contributed by atoms with Crippen molar-refractivity contribution in [2.24, 2.45) is 11.3 Å². The van der Waals surface area contributed by atoms with Crippen molar-refractivity contribution in [3.63, 3.8) is 0 Å². The Labute approximate surface area is 139 Å². The van der Waals surface area contributed by atoms with Crippen LogP contribution in [0.2, 0.25) is 0 Å². The van der Waals surface area contributed by atoms with Crippen LogP contribution in [-0.2, 0) is 29.1 Å². The molecule has 0 aromatic carbocycles. The maximum Gasteiger partial charge on any atom is 0.258 e. The first kappa shape index (κ1) is 15.9. The molecule has 2 fully saturated rings. The van der Waals surface area contributed by atoms with Crippen LogP contribution in [0.3, 0.4) is 0 Å². The molecule has 1 aliphatic heterocycles. The quantitative estimate of drug-likeness (QED) is 0.916. The average Bonchev–Trinajstić information content (AvgIpc) is 3.08. The summed E-state index contributed by atoms with van der Waals surface area (Å²) < 4.78 is 33.4. The summed E-state index contributed by atoms with van der Waals surface area (Å²) in [5.74, 6) is -3.10. The third kappa shape index (κ3) is 2.49. The van der Waals surface area contributed by atoms with Crippen molar-refractivity contribution in [3.05, 3.63) is 23.3 Å². The number of aromatic nitrogens is 2. The van der Waals surface area contributed by atoms with E-state index in [1.165, 1.54) is 0 Å². The van der Waals surface area contributed by atoms with Crippen LogP contribution in [0.4, 0.5) is 8.78 Å². The molecule has 4 rings (SSSR count). The summed E-state index contributed by atoms with van der Waals surface area (Å²) in [4.78, 5) is 20.8. The van der Waals surface area contributed by atoms with Crippen molar-refractivity contribution in [1.82, 2.24) is 15.3 Å². The van der Waals surface area contributed by atoms with E-state index in [-0.39, 0.29) is 18.9 Å². The number of carbonyl (C=O) groups excluding carboxylic acids is 1. The zero-order valence-electron chi connectivity index (χ0n) is 13.5. The molecular formula is C17H21F2N3O2. The van der Waals surface area contributed by atoms with Gasteiger partial charge in [0.15, 0.2) is 0 Å². The van der Waals surface area contributed by atoms with Crippen molar-refractivity contribution >= 4 is 5.91 Å². The van der Waals surface area contributed by atoms with Gasteiger partial charge in [0, 0.05) is 30.5 Å². The Morgan fingerprint density at radius 3 is 3.12 bits per heavy atom. The summed E-state index contributed by atoms with van der Waals surface area (Å²) in [6.07, 6.45) is 4.97. The van der Waals surface area contributed by atoms with Gasteiger partial charge in [0.2, 0.25) is 5.91 Å². The Morgan fingerprint density at radius 2 is 2.29 bits per heavy atom. The van der Waals surface area contributed by atoms with Crippen molar-refractivity contribution < 1.29 is 18.3 Å². The molecule has 2 saturated carbocycles. The molecule has 2 aliphatic carbocycles. The molecule has 3 aliphatic rings. The van der Waals surface area contributed by atoms with Gasteiger partial charge >= 0.3 is 0 Å². The van der Waals surface area contributed by atoms with Crippen LogP contribution in [0, 0.1) is 11.3 Å². The topological polar surface area (TPSA) is 64.1 Å². The van der Waals surface area contributed by atoms with Crippen LogP contribution in [0.1, 0.15) is 49.2 Å². The third-order valence-electron chi connectivity index (χ3n) is 5.72. The fourth-order valence-corrected chi connectivity index (χ4v) is 4.29. The van der Waals surface area contributed by atoms with Crippen molar-refractivity contribution in [2.45, 2.75) is 57.6 Å². The minimum atomic E-state index is -2.68. The standard InChI is InChI=1S/C17H21F2N3O2/c18-17(19)13-3-1-2-5-16(13,17)7-15(23)21-9-14-20-8-11-10-24-6-4-12(11)22-14/h8,13H,1-7,9-10H2,(H,21,23). The zero-order chi connectivity index (χ0) is 16.8. The normalized spacial score (nSPS) is 30.2. The van der Waals surface area contributed by atoms with Crippen molar-refractivity contribution in [2.75, 3.05) is 6.61 Å². The van der Waals surface area contributed by atoms with E-state index in [2.05, 4.69) is 15.3 Å². The van der Waals surface area contributed by atoms with Crippen LogP contribution in [0.15, 0.2) is 6.20 Å². The number of nitrogens with one attached hydrogen (secondary N) is 1. The van der Waals surface area contributed by atoms with Gasteiger partial charge in [-0.25, -0.2) is 18.7 Å². The SMILES string of the molecule is O=C(CC12CCCCC1C2(F)F)NCc1ncc2c(n1)CCOC2. The predicted octanol–water partition coefficient (Wildman–Crippen LogP) is 2.38. The molecule has 1 aromatic heterocycles. The number of ether oxygens (including phenoxy) is 1. The first-order chi connectivity index (χ1) is 11.5. The smallest absolute Gasteiger partial charge is 0.258 e. The van der Waals surface area contributed by atoms with Gasteiger partial charge in [0.05, 0.1) is 30.9 Å². The first-order valence-corrected chi connectivity index (χ1v) is 8.59. The molecule has 24 heavy (non-hydrogen) atoms. The van der Waals surface area contributed by atoms with Crippen molar-refractivity contribution in [1.29, 1.82) is 0 Å². The average molecular weight is 337 g/mol. The number of halogens is 2. The molecule has 2 heterocycles. The first-order valence-electron chi connectivity index (χ1n) is 8.59. The van der Waals surface area contributed by atoms with Gasteiger partial charge < -0.3 is 10.1 Å². The van der Waals surface area contributed by atoms with Gasteiger partial charge in [-0.1, -0.05) is 12.8 Å². The van der Waals surface area contributed by atoms with Crippen LogP contribution in [0.5, 0.6) is 0 Å². The summed E-state index contributed by atoms with van der Waals surface area (Å²) in [7, 11) is 0. The lowest BCUT2D eigenvalue weighted by Gasteiger charge is -2.20. The van der Waals surface area contributed by atoms with Gasteiger partial charge in [-0.2, -0.15) is 0 Å². The highest BCUT2D eigenvalue weighted by atomic mass is 19.3. The van der Waals surface area contributed by atoms with E-state index in [1.807, 2.05) is 0 Å².